The number of carbonyl (C=O) groups excluding carboxylic acids is 7. The quantitative estimate of drug-likeness (QED) is 0.0871. The summed E-state index contributed by atoms with van der Waals surface area (Å²) in [4.78, 5) is 89.1. The third-order valence-electron chi connectivity index (χ3n) is 7.62. The van der Waals surface area contributed by atoms with Crippen LogP contribution in [0.25, 0.3) is 0 Å². The van der Waals surface area contributed by atoms with Crippen molar-refractivity contribution < 1.29 is 38.3 Å². The summed E-state index contributed by atoms with van der Waals surface area (Å²) in [5, 5.41) is 13.2. The molecular formula is C37H51N7O8. The third kappa shape index (κ3) is 17.3. The lowest BCUT2D eigenvalue weighted by Crippen LogP contribution is -2.58. The first kappa shape index (κ1) is 42.4. The first-order valence-electron chi connectivity index (χ1n) is 17.2. The predicted molar refractivity (Wildman–Crippen MR) is 194 cm³/mol. The second-order valence-electron chi connectivity index (χ2n) is 12.6. The van der Waals surface area contributed by atoms with Crippen LogP contribution in [0, 0.1) is 5.92 Å². The van der Waals surface area contributed by atoms with E-state index in [0.717, 1.165) is 5.56 Å². The number of amides is 7. The molecule has 15 heteroatoms. The van der Waals surface area contributed by atoms with Crippen molar-refractivity contribution in [2.45, 2.75) is 90.1 Å². The van der Waals surface area contributed by atoms with E-state index in [1.165, 1.54) is 12.2 Å². The van der Waals surface area contributed by atoms with Gasteiger partial charge in [0, 0.05) is 37.9 Å². The van der Waals surface area contributed by atoms with E-state index in [1.807, 2.05) is 19.9 Å². The number of benzene rings is 2. The van der Waals surface area contributed by atoms with Crippen molar-refractivity contribution in [1.82, 2.24) is 26.6 Å². The Morgan fingerprint density at radius 2 is 1.23 bits per heavy atom. The van der Waals surface area contributed by atoms with Crippen molar-refractivity contribution in [3.05, 3.63) is 83.9 Å². The molecule has 0 unspecified atom stereocenters. The maximum Gasteiger partial charge on any atom is 0.408 e. The van der Waals surface area contributed by atoms with Gasteiger partial charge in [-0.2, -0.15) is 0 Å². The second kappa shape index (κ2) is 22.9. The van der Waals surface area contributed by atoms with Gasteiger partial charge in [0.25, 0.3) is 0 Å². The first-order chi connectivity index (χ1) is 24.8. The highest BCUT2D eigenvalue weighted by Crippen LogP contribution is 2.11. The molecule has 9 N–H and O–H groups in total. The molecule has 0 aliphatic carbocycles. The van der Waals surface area contributed by atoms with E-state index in [1.54, 1.807) is 61.5 Å². The van der Waals surface area contributed by atoms with Crippen LogP contribution in [-0.2, 0) is 46.5 Å². The molecule has 282 valence electrons. The van der Waals surface area contributed by atoms with Crippen LogP contribution in [0.2, 0.25) is 0 Å². The van der Waals surface area contributed by atoms with Gasteiger partial charge in [0.05, 0.1) is 0 Å². The van der Waals surface area contributed by atoms with Gasteiger partial charge < -0.3 is 42.8 Å². The number of hydrogen-bond acceptors (Lipinski definition) is 8. The van der Waals surface area contributed by atoms with Gasteiger partial charge >= 0.3 is 6.09 Å². The zero-order chi connectivity index (χ0) is 38.5. The topological polar surface area (TPSA) is 241 Å². The van der Waals surface area contributed by atoms with Crippen molar-refractivity contribution in [1.29, 1.82) is 0 Å². The number of rotatable bonds is 22. The van der Waals surface area contributed by atoms with Crippen molar-refractivity contribution in [2.75, 3.05) is 6.54 Å². The molecule has 4 atom stereocenters. The van der Waals surface area contributed by atoms with Crippen LogP contribution < -0.4 is 38.1 Å². The standard InChI is InChI=1S/C37H51N7O8/c1-4-40-33(47)20-16-27(15-18-31(38)45)41-34(48)28(17-19-32(39)46)42-36(50)30(22-25-11-7-5-8-12-25)43-35(49)29(21-24(2)3)44-37(51)52-23-26-13-9-6-10-14-26/h5-14,16,20,24,27-30H,4,15,17-19,21-23H2,1-3H3,(H2,38,45)(H2,39,46)(H,40,47)(H,41,48)(H,42,50)(H,43,49)(H,44,51)/b20-16+/t27-,28-,29-,30-/m0/s1. The zero-order valence-corrected chi connectivity index (χ0v) is 29.9. The fourth-order valence-electron chi connectivity index (χ4n) is 5.00. The summed E-state index contributed by atoms with van der Waals surface area (Å²) >= 11 is 0. The van der Waals surface area contributed by atoms with Crippen molar-refractivity contribution in [3.8, 4) is 0 Å². The number of likely N-dealkylation sites (N-methyl/N-ethyl adjacent to an activating group) is 1. The highest BCUT2D eigenvalue weighted by atomic mass is 16.5. The number of alkyl carbamates (subject to hydrolysis) is 1. The summed E-state index contributed by atoms with van der Waals surface area (Å²) in [7, 11) is 0. The Labute approximate surface area is 304 Å². The summed E-state index contributed by atoms with van der Waals surface area (Å²) < 4.78 is 5.32. The van der Waals surface area contributed by atoms with Crippen molar-refractivity contribution in [2.24, 2.45) is 17.4 Å². The largest absolute Gasteiger partial charge is 0.445 e. The molecule has 2 rings (SSSR count). The maximum atomic E-state index is 13.9. The van der Waals surface area contributed by atoms with Crippen LogP contribution in [0.1, 0.15) is 64.0 Å². The number of ether oxygens (including phenoxy) is 1. The molecule has 15 nitrogen and oxygen atoms in total. The number of nitrogens with one attached hydrogen (secondary N) is 5. The molecule has 0 fully saturated rings. The fourth-order valence-corrected chi connectivity index (χ4v) is 5.00. The van der Waals surface area contributed by atoms with Crippen LogP contribution in [-0.4, -0.2) is 72.2 Å². The monoisotopic (exact) mass is 721 g/mol. The zero-order valence-electron chi connectivity index (χ0n) is 29.9. The molecule has 7 amide bonds. The van der Waals surface area contributed by atoms with Crippen LogP contribution in [0.15, 0.2) is 72.8 Å². The van der Waals surface area contributed by atoms with Crippen LogP contribution in [0.3, 0.4) is 0 Å². The lowest BCUT2D eigenvalue weighted by atomic mass is 10.0. The summed E-state index contributed by atoms with van der Waals surface area (Å²) in [5.41, 5.74) is 12.1. The van der Waals surface area contributed by atoms with Gasteiger partial charge in [-0.1, -0.05) is 80.6 Å². The summed E-state index contributed by atoms with van der Waals surface area (Å²) in [6.45, 7) is 5.84. The third-order valence-corrected chi connectivity index (χ3v) is 7.62. The lowest BCUT2D eigenvalue weighted by Gasteiger charge is -2.26. The van der Waals surface area contributed by atoms with Gasteiger partial charge in [0.15, 0.2) is 0 Å². The molecule has 0 saturated heterocycles. The van der Waals surface area contributed by atoms with Gasteiger partial charge in [0.2, 0.25) is 35.4 Å². The minimum atomic E-state index is -1.30. The number of hydrogen-bond donors (Lipinski definition) is 7. The Morgan fingerprint density at radius 1 is 0.692 bits per heavy atom. The van der Waals surface area contributed by atoms with E-state index in [9.17, 15) is 33.6 Å². The number of carbonyl (C=O) groups is 7. The Bertz CT molecular complexity index is 1520. The summed E-state index contributed by atoms with van der Waals surface area (Å²) in [5.74, 6) is -3.92. The lowest BCUT2D eigenvalue weighted by molar-refractivity contribution is -0.133. The van der Waals surface area contributed by atoms with Gasteiger partial charge in [0.1, 0.15) is 24.7 Å². The highest BCUT2D eigenvalue weighted by Gasteiger charge is 2.31. The van der Waals surface area contributed by atoms with Crippen molar-refractivity contribution >= 4 is 41.5 Å². The minimum Gasteiger partial charge on any atom is -0.445 e. The summed E-state index contributed by atoms with van der Waals surface area (Å²) in [6.07, 6.45) is 1.52. The van der Waals surface area contributed by atoms with Crippen LogP contribution in [0.4, 0.5) is 4.79 Å². The predicted octanol–water partition coefficient (Wildman–Crippen LogP) is 1.25. The average molecular weight is 722 g/mol. The first-order valence-corrected chi connectivity index (χ1v) is 17.2. The average Bonchev–Trinajstić information content (AvgIpc) is 3.10. The van der Waals surface area contributed by atoms with Gasteiger partial charge in [-0.15, -0.1) is 0 Å². The molecule has 0 radical (unpaired) electrons. The van der Waals surface area contributed by atoms with E-state index in [4.69, 9.17) is 16.2 Å². The van der Waals surface area contributed by atoms with Crippen molar-refractivity contribution in [3.63, 3.8) is 0 Å². The molecule has 2 aromatic carbocycles. The minimum absolute atomic E-state index is 0.0123. The Hall–Kier alpha value is -5.73. The number of nitrogens with two attached hydrogens (primary N) is 2. The molecule has 0 heterocycles. The normalized spacial score (nSPS) is 13.2. The SMILES string of the molecule is CCNC(=O)/C=C/[C@H](CCC(N)=O)NC(=O)[C@H](CCC(N)=O)NC(=O)[C@H](Cc1ccccc1)NC(=O)[C@H](CC(C)C)NC(=O)OCc1ccccc1. The van der Waals surface area contributed by atoms with E-state index in [-0.39, 0.29) is 51.0 Å². The van der Waals surface area contributed by atoms with Gasteiger partial charge in [-0.05, 0) is 43.2 Å². The molecule has 0 aromatic heterocycles. The van der Waals surface area contributed by atoms with Gasteiger partial charge in [-0.3, -0.25) is 28.8 Å². The van der Waals surface area contributed by atoms with E-state index in [2.05, 4.69) is 26.6 Å². The highest BCUT2D eigenvalue weighted by molar-refractivity contribution is 5.94. The van der Waals surface area contributed by atoms with Crippen LogP contribution in [0.5, 0.6) is 0 Å². The van der Waals surface area contributed by atoms with Crippen LogP contribution >= 0.6 is 0 Å². The molecule has 0 saturated carbocycles. The molecule has 0 spiro atoms. The Morgan fingerprint density at radius 3 is 1.81 bits per heavy atom. The van der Waals surface area contributed by atoms with Gasteiger partial charge in [-0.25, -0.2) is 4.79 Å². The molecular weight excluding hydrogens is 670 g/mol. The summed E-state index contributed by atoms with van der Waals surface area (Å²) in [6, 6.07) is 13.4. The maximum absolute atomic E-state index is 13.9. The molecule has 52 heavy (non-hydrogen) atoms. The molecule has 0 aliphatic heterocycles. The fraction of sp³-hybridized carbons (Fsp3) is 0.432. The Kier molecular flexibility index (Phi) is 18.7. The van der Waals surface area contributed by atoms with E-state index in [0.29, 0.717) is 12.1 Å². The second-order valence-corrected chi connectivity index (χ2v) is 12.6. The Balaban J connectivity index is 2.30. The number of primary amides is 2. The van der Waals surface area contributed by atoms with E-state index >= 15 is 0 Å². The molecule has 0 aliphatic rings. The molecule has 0 bridgehead atoms. The molecule has 2 aromatic rings. The smallest absolute Gasteiger partial charge is 0.408 e. The van der Waals surface area contributed by atoms with E-state index < -0.39 is 65.7 Å².